The third kappa shape index (κ3) is 2.52. The van der Waals surface area contributed by atoms with Gasteiger partial charge in [0, 0.05) is 13.0 Å². The highest BCUT2D eigenvalue weighted by Gasteiger charge is 2.08. The van der Waals surface area contributed by atoms with Crippen LogP contribution in [0.4, 0.5) is 6.01 Å². The number of carboxylic acid groups (broad SMARTS) is 1. The van der Waals surface area contributed by atoms with Crippen LogP contribution in [0.25, 0.3) is 0 Å². The van der Waals surface area contributed by atoms with Crippen LogP contribution in [-0.2, 0) is 0 Å². The number of nitrogens with one attached hydrogen (secondary N) is 1. The van der Waals surface area contributed by atoms with Crippen molar-refractivity contribution in [2.24, 2.45) is 0 Å². The van der Waals surface area contributed by atoms with Crippen molar-refractivity contribution in [3.63, 3.8) is 0 Å². The fourth-order valence-electron chi connectivity index (χ4n) is 0.695. The molecule has 5 heteroatoms. The minimum absolute atomic E-state index is 0.122. The largest absolute Gasteiger partial charge is 0.476 e. The molecule has 13 heavy (non-hydrogen) atoms. The van der Waals surface area contributed by atoms with Crippen molar-refractivity contribution in [2.75, 3.05) is 11.9 Å². The maximum atomic E-state index is 10.4. The summed E-state index contributed by atoms with van der Waals surface area (Å²) in [5.41, 5.74) is -0.122. The summed E-state index contributed by atoms with van der Waals surface area (Å²) in [5, 5.41) is 11.2. The Hall–Kier alpha value is -1.96. The predicted molar refractivity (Wildman–Crippen MR) is 45.4 cm³/mol. The Morgan fingerprint density at radius 3 is 3.15 bits per heavy atom. The molecule has 0 aliphatic heterocycles. The fraction of sp³-hybridized carbons (Fsp3) is 0.250. The van der Waals surface area contributed by atoms with Crippen LogP contribution >= 0.6 is 0 Å². The molecule has 1 heterocycles. The van der Waals surface area contributed by atoms with E-state index in [9.17, 15) is 4.79 Å². The first kappa shape index (κ1) is 9.13. The van der Waals surface area contributed by atoms with Crippen LogP contribution in [0, 0.1) is 12.3 Å². The molecule has 0 fully saturated rings. The van der Waals surface area contributed by atoms with Gasteiger partial charge in [0.15, 0.2) is 5.69 Å². The summed E-state index contributed by atoms with van der Waals surface area (Å²) in [6.45, 7) is 0.510. The molecular formula is C8H8N2O3. The van der Waals surface area contributed by atoms with Gasteiger partial charge in [-0.2, -0.15) is 4.98 Å². The average Bonchev–Trinajstić information content (AvgIpc) is 2.53. The number of carboxylic acids is 1. The number of nitrogens with zero attached hydrogens (tertiary/aromatic N) is 1. The van der Waals surface area contributed by atoms with Crippen LogP contribution in [0.15, 0.2) is 10.7 Å². The van der Waals surface area contributed by atoms with Crippen molar-refractivity contribution in [3.05, 3.63) is 12.0 Å². The molecule has 5 nitrogen and oxygen atoms in total. The van der Waals surface area contributed by atoms with Crippen LogP contribution in [0.2, 0.25) is 0 Å². The molecule has 1 aromatic rings. The first-order chi connectivity index (χ1) is 6.24. The average molecular weight is 180 g/mol. The van der Waals surface area contributed by atoms with E-state index in [1.165, 1.54) is 0 Å². The SMILES string of the molecule is C#CCCNc1nc(C(=O)O)co1. The van der Waals surface area contributed by atoms with Gasteiger partial charge >= 0.3 is 5.97 Å². The second kappa shape index (κ2) is 4.16. The van der Waals surface area contributed by atoms with Crippen molar-refractivity contribution < 1.29 is 14.3 Å². The van der Waals surface area contributed by atoms with Crippen molar-refractivity contribution in [2.45, 2.75) is 6.42 Å². The highest BCUT2D eigenvalue weighted by molar-refractivity contribution is 5.85. The van der Waals surface area contributed by atoms with Crippen molar-refractivity contribution in [1.29, 1.82) is 0 Å². The molecule has 0 atom stereocenters. The lowest BCUT2D eigenvalue weighted by atomic mass is 10.4. The van der Waals surface area contributed by atoms with E-state index in [2.05, 4.69) is 16.2 Å². The molecular weight excluding hydrogens is 172 g/mol. The number of hydrogen-bond acceptors (Lipinski definition) is 4. The number of carbonyl (C=O) groups is 1. The Morgan fingerprint density at radius 1 is 1.85 bits per heavy atom. The summed E-state index contributed by atoms with van der Waals surface area (Å²) in [4.78, 5) is 14.0. The van der Waals surface area contributed by atoms with E-state index in [0.717, 1.165) is 6.26 Å². The molecule has 0 saturated heterocycles. The smallest absolute Gasteiger partial charge is 0.357 e. The maximum Gasteiger partial charge on any atom is 0.357 e. The lowest BCUT2D eigenvalue weighted by Gasteiger charge is -1.94. The summed E-state index contributed by atoms with van der Waals surface area (Å²) in [5.74, 6) is 1.30. The van der Waals surface area contributed by atoms with Crippen LogP contribution < -0.4 is 5.32 Å². The third-order valence-corrected chi connectivity index (χ3v) is 1.27. The van der Waals surface area contributed by atoms with Gasteiger partial charge in [0.1, 0.15) is 6.26 Å². The molecule has 0 unspecified atom stereocenters. The van der Waals surface area contributed by atoms with Crippen LogP contribution in [0.3, 0.4) is 0 Å². The Balaban J connectivity index is 2.50. The Labute approximate surface area is 74.8 Å². The van der Waals surface area contributed by atoms with E-state index in [-0.39, 0.29) is 11.7 Å². The molecule has 1 rings (SSSR count). The van der Waals surface area contributed by atoms with E-state index in [4.69, 9.17) is 15.9 Å². The first-order valence-electron chi connectivity index (χ1n) is 3.60. The second-order valence-corrected chi connectivity index (χ2v) is 2.22. The third-order valence-electron chi connectivity index (χ3n) is 1.27. The zero-order valence-electron chi connectivity index (χ0n) is 6.78. The fourth-order valence-corrected chi connectivity index (χ4v) is 0.695. The lowest BCUT2D eigenvalue weighted by molar-refractivity contribution is 0.0690. The number of anilines is 1. The molecule has 68 valence electrons. The van der Waals surface area contributed by atoms with Crippen LogP contribution in [0.5, 0.6) is 0 Å². The van der Waals surface area contributed by atoms with Gasteiger partial charge in [0.2, 0.25) is 0 Å². The summed E-state index contributed by atoms with van der Waals surface area (Å²) in [6.07, 6.45) is 6.61. The van der Waals surface area contributed by atoms with E-state index < -0.39 is 5.97 Å². The van der Waals surface area contributed by atoms with Crippen LogP contribution in [0.1, 0.15) is 16.9 Å². The maximum absolute atomic E-state index is 10.4. The van der Waals surface area contributed by atoms with Crippen molar-refractivity contribution in [3.8, 4) is 12.3 Å². The minimum Gasteiger partial charge on any atom is -0.476 e. The molecule has 0 aliphatic carbocycles. The summed E-state index contributed by atoms with van der Waals surface area (Å²) in [6, 6.07) is 0.174. The quantitative estimate of drug-likeness (QED) is 0.529. The Bertz CT molecular complexity index is 337. The van der Waals surface area contributed by atoms with Crippen molar-refractivity contribution >= 4 is 12.0 Å². The zero-order valence-corrected chi connectivity index (χ0v) is 6.78. The number of hydrogen-bond donors (Lipinski definition) is 2. The number of oxazole rings is 1. The summed E-state index contributed by atoms with van der Waals surface area (Å²) in [7, 11) is 0. The zero-order chi connectivity index (χ0) is 9.68. The normalized spacial score (nSPS) is 9.15. The standard InChI is InChI=1S/C8H8N2O3/c1-2-3-4-9-8-10-6(5-13-8)7(11)12/h1,5H,3-4H2,(H,9,10)(H,11,12). The molecule has 0 saturated carbocycles. The number of rotatable bonds is 4. The Kier molecular flexibility index (Phi) is 2.92. The van der Waals surface area contributed by atoms with Gasteiger partial charge in [-0.05, 0) is 0 Å². The molecule has 0 aliphatic rings. The van der Waals surface area contributed by atoms with E-state index in [1.54, 1.807) is 0 Å². The molecule has 0 radical (unpaired) electrons. The number of aromatic carboxylic acids is 1. The second-order valence-electron chi connectivity index (χ2n) is 2.22. The highest BCUT2D eigenvalue weighted by Crippen LogP contribution is 2.06. The van der Waals surface area contributed by atoms with E-state index in [0.29, 0.717) is 13.0 Å². The summed E-state index contributed by atoms with van der Waals surface area (Å²) >= 11 is 0. The Morgan fingerprint density at radius 2 is 2.62 bits per heavy atom. The van der Waals surface area contributed by atoms with Gasteiger partial charge in [0.25, 0.3) is 6.01 Å². The topological polar surface area (TPSA) is 75.4 Å². The van der Waals surface area contributed by atoms with Gasteiger partial charge in [-0.15, -0.1) is 12.3 Å². The van der Waals surface area contributed by atoms with E-state index >= 15 is 0 Å². The summed E-state index contributed by atoms with van der Waals surface area (Å²) < 4.78 is 4.80. The molecule has 1 aromatic heterocycles. The van der Waals surface area contributed by atoms with Gasteiger partial charge in [-0.3, -0.25) is 0 Å². The molecule has 0 aromatic carbocycles. The van der Waals surface area contributed by atoms with Gasteiger partial charge in [0.05, 0.1) is 0 Å². The predicted octanol–water partition coefficient (Wildman–Crippen LogP) is 0.808. The van der Waals surface area contributed by atoms with Gasteiger partial charge in [-0.1, -0.05) is 0 Å². The molecule has 0 amide bonds. The number of terminal acetylenes is 1. The minimum atomic E-state index is -1.12. The first-order valence-corrected chi connectivity index (χ1v) is 3.60. The monoisotopic (exact) mass is 180 g/mol. The van der Waals surface area contributed by atoms with Crippen molar-refractivity contribution in [1.82, 2.24) is 4.98 Å². The number of aromatic nitrogens is 1. The molecule has 2 N–H and O–H groups in total. The highest BCUT2D eigenvalue weighted by atomic mass is 16.4. The molecule has 0 bridgehead atoms. The van der Waals surface area contributed by atoms with Crippen LogP contribution in [-0.4, -0.2) is 22.6 Å². The molecule has 0 spiro atoms. The van der Waals surface area contributed by atoms with Gasteiger partial charge < -0.3 is 14.8 Å². The van der Waals surface area contributed by atoms with E-state index in [1.807, 2.05) is 0 Å². The lowest BCUT2D eigenvalue weighted by Crippen LogP contribution is -2.01. The van der Waals surface area contributed by atoms with Gasteiger partial charge in [-0.25, -0.2) is 4.79 Å².